The molecule has 0 aliphatic carbocycles. The van der Waals surface area contributed by atoms with Gasteiger partial charge in [-0.15, -0.1) is 0 Å². The molecule has 1 heterocycles. The molecule has 3 aromatic carbocycles. The average molecular weight is 435 g/mol. The number of carbonyl (C=O) groups is 1. The van der Waals surface area contributed by atoms with Crippen molar-refractivity contribution >= 4 is 40.0 Å². The van der Waals surface area contributed by atoms with Gasteiger partial charge in [-0.3, -0.25) is 4.79 Å². The molecule has 0 radical (unpaired) electrons. The molecule has 4 rings (SSSR count). The second-order valence-corrected chi connectivity index (χ2v) is 7.94. The zero-order valence-corrected chi connectivity index (χ0v) is 18.0. The highest BCUT2D eigenvalue weighted by molar-refractivity contribution is 6.36. The lowest BCUT2D eigenvalue weighted by atomic mass is 9.97. The summed E-state index contributed by atoms with van der Waals surface area (Å²) in [5, 5.41) is 4.94. The third-order valence-electron chi connectivity index (χ3n) is 5.09. The second kappa shape index (κ2) is 8.86. The molecule has 0 saturated carbocycles. The Morgan fingerprint density at radius 1 is 0.967 bits per heavy atom. The van der Waals surface area contributed by atoms with E-state index in [4.69, 9.17) is 28.2 Å². The van der Waals surface area contributed by atoms with Crippen molar-refractivity contribution in [1.82, 2.24) is 10.3 Å². The number of amides is 1. The van der Waals surface area contributed by atoms with Crippen LogP contribution in [0.1, 0.15) is 21.5 Å². The van der Waals surface area contributed by atoms with Crippen molar-refractivity contribution in [3.8, 4) is 11.3 Å². The lowest BCUT2D eigenvalue weighted by molar-refractivity contribution is 0.0955. The maximum absolute atomic E-state index is 13.2. The van der Waals surface area contributed by atoms with Crippen molar-refractivity contribution in [1.29, 1.82) is 0 Å². The van der Waals surface area contributed by atoms with Crippen LogP contribution in [0.4, 0.5) is 0 Å². The lowest BCUT2D eigenvalue weighted by Gasteiger charge is -2.15. The Balaban J connectivity index is 1.72. The SMILES string of the molecule is Cc1c(-c2ccc(Cl)cc2Cl)nc2ccccc2c1C(=O)NCCc1ccccc1. The van der Waals surface area contributed by atoms with Gasteiger partial charge in [-0.1, -0.05) is 71.7 Å². The van der Waals surface area contributed by atoms with E-state index in [1.807, 2.05) is 55.5 Å². The summed E-state index contributed by atoms with van der Waals surface area (Å²) in [6, 6.07) is 23.1. The van der Waals surface area contributed by atoms with Gasteiger partial charge in [0.2, 0.25) is 0 Å². The highest BCUT2D eigenvalue weighted by Gasteiger charge is 2.20. The monoisotopic (exact) mass is 434 g/mol. The fraction of sp³-hybridized carbons (Fsp3) is 0.120. The highest BCUT2D eigenvalue weighted by atomic mass is 35.5. The third kappa shape index (κ3) is 4.18. The van der Waals surface area contributed by atoms with E-state index in [9.17, 15) is 4.79 Å². The number of para-hydroxylation sites is 1. The molecular weight excluding hydrogens is 415 g/mol. The summed E-state index contributed by atoms with van der Waals surface area (Å²) in [6.45, 7) is 2.46. The van der Waals surface area contributed by atoms with E-state index >= 15 is 0 Å². The minimum absolute atomic E-state index is 0.117. The van der Waals surface area contributed by atoms with E-state index in [-0.39, 0.29) is 5.91 Å². The van der Waals surface area contributed by atoms with Crippen LogP contribution in [-0.4, -0.2) is 17.4 Å². The van der Waals surface area contributed by atoms with Crippen LogP contribution in [0.5, 0.6) is 0 Å². The molecule has 5 heteroatoms. The van der Waals surface area contributed by atoms with Crippen LogP contribution >= 0.6 is 23.2 Å². The minimum Gasteiger partial charge on any atom is -0.352 e. The molecule has 3 nitrogen and oxygen atoms in total. The van der Waals surface area contributed by atoms with Gasteiger partial charge in [0.1, 0.15) is 0 Å². The second-order valence-electron chi connectivity index (χ2n) is 7.09. The number of hydrogen-bond donors (Lipinski definition) is 1. The number of pyridine rings is 1. The number of halogens is 2. The van der Waals surface area contributed by atoms with Gasteiger partial charge in [-0.25, -0.2) is 4.98 Å². The summed E-state index contributed by atoms with van der Waals surface area (Å²) in [5.74, 6) is -0.117. The molecule has 0 bridgehead atoms. The molecule has 1 N–H and O–H groups in total. The Labute approximate surface area is 185 Å². The van der Waals surface area contributed by atoms with Crippen LogP contribution in [-0.2, 0) is 6.42 Å². The number of nitrogens with zero attached hydrogens (tertiary/aromatic N) is 1. The Morgan fingerprint density at radius 2 is 1.70 bits per heavy atom. The van der Waals surface area contributed by atoms with Gasteiger partial charge < -0.3 is 5.32 Å². The first-order chi connectivity index (χ1) is 14.5. The number of benzene rings is 3. The van der Waals surface area contributed by atoms with E-state index < -0.39 is 0 Å². The van der Waals surface area contributed by atoms with Crippen molar-refractivity contribution in [2.45, 2.75) is 13.3 Å². The standard InChI is InChI=1S/C25H20Cl2N2O/c1-16-23(25(30)28-14-13-17-7-3-2-4-8-17)20-9-5-6-10-22(20)29-24(16)19-12-11-18(26)15-21(19)27/h2-12,15H,13-14H2,1H3,(H,28,30). The van der Waals surface area contributed by atoms with Crippen LogP contribution < -0.4 is 5.32 Å². The van der Waals surface area contributed by atoms with E-state index in [0.717, 1.165) is 28.5 Å². The number of carbonyl (C=O) groups excluding carboxylic acids is 1. The summed E-state index contributed by atoms with van der Waals surface area (Å²) in [5.41, 5.74) is 4.77. The maximum atomic E-state index is 13.2. The summed E-state index contributed by atoms with van der Waals surface area (Å²) < 4.78 is 0. The Morgan fingerprint density at radius 3 is 2.47 bits per heavy atom. The quantitative estimate of drug-likeness (QED) is 0.389. The molecule has 30 heavy (non-hydrogen) atoms. The van der Waals surface area contributed by atoms with Crippen LogP contribution in [0.25, 0.3) is 22.2 Å². The summed E-state index contributed by atoms with van der Waals surface area (Å²) in [6.07, 6.45) is 0.768. The molecule has 0 spiro atoms. The van der Waals surface area contributed by atoms with Crippen molar-refractivity contribution in [2.24, 2.45) is 0 Å². The fourth-order valence-corrected chi connectivity index (χ4v) is 4.10. The molecule has 0 atom stereocenters. The number of rotatable bonds is 5. The third-order valence-corrected chi connectivity index (χ3v) is 5.64. The number of aromatic nitrogens is 1. The first-order valence-corrected chi connectivity index (χ1v) is 10.5. The summed E-state index contributed by atoms with van der Waals surface area (Å²) in [7, 11) is 0. The average Bonchev–Trinajstić information content (AvgIpc) is 2.74. The smallest absolute Gasteiger partial charge is 0.252 e. The molecular formula is C25H20Cl2N2O. The molecule has 1 amide bonds. The van der Waals surface area contributed by atoms with Gasteiger partial charge in [0.05, 0.1) is 21.8 Å². The molecule has 1 aromatic heterocycles. The van der Waals surface area contributed by atoms with Crippen molar-refractivity contribution in [2.75, 3.05) is 6.54 Å². The Bertz CT molecular complexity index is 1220. The summed E-state index contributed by atoms with van der Waals surface area (Å²) >= 11 is 12.5. The predicted octanol–water partition coefficient (Wildman–Crippen LogP) is 6.49. The minimum atomic E-state index is -0.117. The predicted molar refractivity (Wildman–Crippen MR) is 124 cm³/mol. The highest BCUT2D eigenvalue weighted by Crippen LogP contribution is 2.34. The molecule has 0 saturated heterocycles. The van der Waals surface area contributed by atoms with E-state index in [1.165, 1.54) is 5.56 Å². The van der Waals surface area contributed by atoms with Gasteiger partial charge in [-0.05, 0) is 48.7 Å². The zero-order chi connectivity index (χ0) is 21.1. The van der Waals surface area contributed by atoms with Crippen molar-refractivity contribution in [3.05, 3.63) is 99.5 Å². The molecule has 0 fully saturated rings. The Kier molecular flexibility index (Phi) is 6.03. The first kappa shape index (κ1) is 20.4. The zero-order valence-electron chi connectivity index (χ0n) is 16.5. The number of hydrogen-bond acceptors (Lipinski definition) is 2. The molecule has 4 aromatic rings. The van der Waals surface area contributed by atoms with E-state index in [2.05, 4.69) is 17.4 Å². The van der Waals surface area contributed by atoms with Crippen LogP contribution in [0.15, 0.2) is 72.8 Å². The topological polar surface area (TPSA) is 42.0 Å². The molecule has 0 aliphatic heterocycles. The van der Waals surface area contributed by atoms with Crippen LogP contribution in [0.2, 0.25) is 10.0 Å². The molecule has 150 valence electrons. The Hall–Kier alpha value is -2.88. The molecule has 0 aliphatic rings. The molecule has 0 unspecified atom stereocenters. The van der Waals surface area contributed by atoms with E-state index in [0.29, 0.717) is 27.8 Å². The lowest BCUT2D eigenvalue weighted by Crippen LogP contribution is -2.27. The maximum Gasteiger partial charge on any atom is 0.252 e. The largest absolute Gasteiger partial charge is 0.352 e. The van der Waals surface area contributed by atoms with Crippen LogP contribution in [0, 0.1) is 6.92 Å². The van der Waals surface area contributed by atoms with Crippen LogP contribution in [0.3, 0.4) is 0 Å². The number of fused-ring (bicyclic) bond motifs is 1. The van der Waals surface area contributed by atoms with E-state index in [1.54, 1.807) is 12.1 Å². The van der Waals surface area contributed by atoms with Gasteiger partial charge in [-0.2, -0.15) is 0 Å². The van der Waals surface area contributed by atoms with Gasteiger partial charge >= 0.3 is 0 Å². The van der Waals surface area contributed by atoms with Gasteiger partial charge in [0, 0.05) is 22.5 Å². The van der Waals surface area contributed by atoms with Crippen molar-refractivity contribution in [3.63, 3.8) is 0 Å². The van der Waals surface area contributed by atoms with Gasteiger partial charge in [0.25, 0.3) is 5.91 Å². The number of nitrogens with one attached hydrogen (secondary N) is 1. The normalized spacial score (nSPS) is 10.9. The first-order valence-electron chi connectivity index (χ1n) is 9.71. The summed E-state index contributed by atoms with van der Waals surface area (Å²) in [4.78, 5) is 18.0. The fourth-order valence-electron chi connectivity index (χ4n) is 3.60. The van der Waals surface area contributed by atoms with Gasteiger partial charge in [0.15, 0.2) is 0 Å². The van der Waals surface area contributed by atoms with Crippen molar-refractivity contribution < 1.29 is 4.79 Å².